The molecule has 4 rings (SSSR count). The molecule has 1 amide bonds. The molecule has 0 unspecified atom stereocenters. The van der Waals surface area contributed by atoms with E-state index in [9.17, 15) is 4.79 Å². The number of carbonyl (C=O) groups is 1. The Bertz CT molecular complexity index is 1080. The summed E-state index contributed by atoms with van der Waals surface area (Å²) in [6.07, 6.45) is 10.3. The molecule has 0 radical (unpaired) electrons. The van der Waals surface area contributed by atoms with Crippen LogP contribution in [0.25, 0.3) is 11.3 Å². The molecule has 1 N–H and O–H groups in total. The van der Waals surface area contributed by atoms with Crippen LogP contribution in [0.2, 0.25) is 0 Å². The molecule has 1 heterocycles. The van der Waals surface area contributed by atoms with Crippen molar-refractivity contribution in [3.8, 4) is 17.0 Å². The number of ether oxygens (including phenoxy) is 1. The molecule has 0 bridgehead atoms. The zero-order valence-electron chi connectivity index (χ0n) is 18.3. The molecule has 0 spiro atoms. The second kappa shape index (κ2) is 9.73. The van der Waals surface area contributed by atoms with Gasteiger partial charge in [-0.15, -0.1) is 0 Å². The van der Waals surface area contributed by atoms with Crippen LogP contribution in [0.3, 0.4) is 0 Å². The summed E-state index contributed by atoms with van der Waals surface area (Å²) in [6.45, 7) is 2.15. The second-order valence-electron chi connectivity index (χ2n) is 8.07. The number of aryl methyl sites for hydroxylation is 3. The minimum atomic E-state index is -0.0907. The summed E-state index contributed by atoms with van der Waals surface area (Å²) in [4.78, 5) is 21.7. The molecule has 1 aromatic heterocycles. The fourth-order valence-electron chi connectivity index (χ4n) is 4.27. The van der Waals surface area contributed by atoms with E-state index in [4.69, 9.17) is 4.74 Å². The maximum Gasteiger partial charge on any atom is 0.230 e. The third-order valence-electron chi connectivity index (χ3n) is 5.81. The lowest BCUT2D eigenvalue weighted by Gasteiger charge is -2.16. The Kier molecular flexibility index (Phi) is 6.60. The van der Waals surface area contributed by atoms with Gasteiger partial charge in [0, 0.05) is 18.0 Å². The maximum absolute atomic E-state index is 12.8. The van der Waals surface area contributed by atoms with Crippen molar-refractivity contribution in [2.75, 3.05) is 12.4 Å². The molecule has 160 valence electrons. The average Bonchev–Trinajstić information content (AvgIpc) is 2.80. The molecular weight excluding hydrogens is 386 g/mol. The predicted octanol–water partition coefficient (Wildman–Crippen LogP) is 5.16. The first kappa shape index (κ1) is 21.0. The van der Waals surface area contributed by atoms with Gasteiger partial charge in [0.05, 0.1) is 13.5 Å². The van der Waals surface area contributed by atoms with Crippen molar-refractivity contribution in [1.82, 2.24) is 9.97 Å². The van der Waals surface area contributed by atoms with Crippen LogP contribution in [0.15, 0.2) is 48.8 Å². The van der Waals surface area contributed by atoms with Gasteiger partial charge in [-0.3, -0.25) is 9.78 Å². The SMILES string of the molecule is CCCc1ccc(-c2nccnc2NC(=O)Cc2ccc3c(c2)CCCC3)cc1OC. The molecule has 1 aliphatic rings. The van der Waals surface area contributed by atoms with E-state index in [1.165, 1.54) is 24.0 Å². The van der Waals surface area contributed by atoms with E-state index in [1.54, 1.807) is 19.5 Å². The summed E-state index contributed by atoms with van der Waals surface area (Å²) in [5.41, 5.74) is 6.52. The van der Waals surface area contributed by atoms with Crippen LogP contribution in [0.1, 0.15) is 48.4 Å². The summed E-state index contributed by atoms with van der Waals surface area (Å²) in [5.74, 6) is 1.21. The van der Waals surface area contributed by atoms with Crippen molar-refractivity contribution in [3.05, 3.63) is 71.0 Å². The maximum atomic E-state index is 12.8. The van der Waals surface area contributed by atoms with Gasteiger partial charge in [-0.05, 0) is 60.4 Å². The van der Waals surface area contributed by atoms with Crippen LogP contribution >= 0.6 is 0 Å². The lowest BCUT2D eigenvalue weighted by atomic mass is 9.90. The van der Waals surface area contributed by atoms with Crippen LogP contribution in [0, 0.1) is 0 Å². The highest BCUT2D eigenvalue weighted by Crippen LogP contribution is 2.30. The number of hydrogen-bond donors (Lipinski definition) is 1. The second-order valence-corrected chi connectivity index (χ2v) is 8.07. The molecule has 0 atom stereocenters. The zero-order chi connectivity index (χ0) is 21.6. The van der Waals surface area contributed by atoms with E-state index in [1.807, 2.05) is 12.1 Å². The Labute approximate surface area is 183 Å². The molecular formula is C26H29N3O2. The van der Waals surface area contributed by atoms with Gasteiger partial charge in [-0.2, -0.15) is 0 Å². The number of carbonyl (C=O) groups excluding carboxylic acids is 1. The fourth-order valence-corrected chi connectivity index (χ4v) is 4.27. The number of methoxy groups -OCH3 is 1. The smallest absolute Gasteiger partial charge is 0.230 e. The Morgan fingerprint density at radius 2 is 1.84 bits per heavy atom. The Morgan fingerprint density at radius 3 is 2.65 bits per heavy atom. The highest BCUT2D eigenvalue weighted by atomic mass is 16.5. The van der Waals surface area contributed by atoms with Crippen molar-refractivity contribution in [1.29, 1.82) is 0 Å². The first-order chi connectivity index (χ1) is 15.2. The number of nitrogens with one attached hydrogen (secondary N) is 1. The number of nitrogens with zero attached hydrogens (tertiary/aromatic N) is 2. The van der Waals surface area contributed by atoms with Gasteiger partial charge in [-0.25, -0.2) is 4.98 Å². The van der Waals surface area contributed by atoms with Gasteiger partial charge in [-0.1, -0.05) is 43.7 Å². The van der Waals surface area contributed by atoms with Gasteiger partial charge in [0.25, 0.3) is 0 Å². The van der Waals surface area contributed by atoms with Crippen LogP contribution < -0.4 is 10.1 Å². The van der Waals surface area contributed by atoms with E-state index >= 15 is 0 Å². The molecule has 5 heteroatoms. The monoisotopic (exact) mass is 415 g/mol. The van der Waals surface area contributed by atoms with Crippen LogP contribution in [-0.4, -0.2) is 23.0 Å². The standard InChI is InChI=1S/C26H29N3O2/c1-3-6-20-11-12-22(17-23(20)31-2)25-26(28-14-13-27-25)29-24(30)16-18-9-10-19-7-4-5-8-21(19)15-18/h9-15,17H,3-8,16H2,1-2H3,(H,28,29,30). The van der Waals surface area contributed by atoms with E-state index in [0.29, 0.717) is 17.9 Å². The molecule has 0 saturated heterocycles. The number of rotatable bonds is 7. The molecule has 2 aromatic carbocycles. The Hall–Kier alpha value is -3.21. The number of amides is 1. The third kappa shape index (κ3) is 4.93. The Balaban J connectivity index is 1.53. The van der Waals surface area contributed by atoms with E-state index in [2.05, 4.69) is 46.5 Å². The van der Waals surface area contributed by atoms with Crippen LogP contribution in [0.5, 0.6) is 5.75 Å². The summed E-state index contributed by atoms with van der Waals surface area (Å²) < 4.78 is 5.57. The molecule has 5 nitrogen and oxygen atoms in total. The van der Waals surface area contributed by atoms with Gasteiger partial charge >= 0.3 is 0 Å². The molecule has 0 aliphatic heterocycles. The Morgan fingerprint density at radius 1 is 1.03 bits per heavy atom. The molecule has 31 heavy (non-hydrogen) atoms. The number of aromatic nitrogens is 2. The lowest BCUT2D eigenvalue weighted by Crippen LogP contribution is -2.17. The zero-order valence-corrected chi connectivity index (χ0v) is 18.3. The van der Waals surface area contributed by atoms with Gasteiger partial charge < -0.3 is 10.1 Å². The minimum absolute atomic E-state index is 0.0907. The van der Waals surface area contributed by atoms with Crippen molar-refractivity contribution in [2.45, 2.75) is 51.9 Å². The molecule has 1 aliphatic carbocycles. The van der Waals surface area contributed by atoms with Gasteiger partial charge in [0.15, 0.2) is 5.82 Å². The third-order valence-corrected chi connectivity index (χ3v) is 5.81. The van der Waals surface area contributed by atoms with Crippen LogP contribution in [0.4, 0.5) is 5.82 Å². The van der Waals surface area contributed by atoms with Crippen molar-refractivity contribution in [2.24, 2.45) is 0 Å². The number of anilines is 1. The molecule has 0 saturated carbocycles. The van der Waals surface area contributed by atoms with Crippen molar-refractivity contribution in [3.63, 3.8) is 0 Å². The summed E-state index contributed by atoms with van der Waals surface area (Å²) in [7, 11) is 1.68. The fraction of sp³-hybridized carbons (Fsp3) is 0.346. The summed E-state index contributed by atoms with van der Waals surface area (Å²) >= 11 is 0. The number of hydrogen-bond acceptors (Lipinski definition) is 4. The lowest BCUT2D eigenvalue weighted by molar-refractivity contribution is -0.115. The first-order valence-corrected chi connectivity index (χ1v) is 11.1. The summed E-state index contributed by atoms with van der Waals surface area (Å²) in [6, 6.07) is 12.5. The van der Waals surface area contributed by atoms with E-state index in [0.717, 1.165) is 48.1 Å². The van der Waals surface area contributed by atoms with E-state index < -0.39 is 0 Å². The topological polar surface area (TPSA) is 64.1 Å². The van der Waals surface area contributed by atoms with Gasteiger partial charge in [0.2, 0.25) is 5.91 Å². The van der Waals surface area contributed by atoms with Crippen molar-refractivity contribution >= 4 is 11.7 Å². The van der Waals surface area contributed by atoms with Gasteiger partial charge in [0.1, 0.15) is 11.4 Å². The predicted molar refractivity (Wildman–Crippen MR) is 123 cm³/mol. The quantitative estimate of drug-likeness (QED) is 0.579. The van der Waals surface area contributed by atoms with E-state index in [-0.39, 0.29) is 5.91 Å². The normalized spacial score (nSPS) is 12.8. The number of fused-ring (bicyclic) bond motifs is 1. The molecule has 0 fully saturated rings. The van der Waals surface area contributed by atoms with Crippen molar-refractivity contribution < 1.29 is 9.53 Å². The first-order valence-electron chi connectivity index (χ1n) is 11.1. The number of benzene rings is 2. The highest BCUT2D eigenvalue weighted by molar-refractivity contribution is 5.94. The average molecular weight is 416 g/mol. The minimum Gasteiger partial charge on any atom is -0.496 e. The largest absolute Gasteiger partial charge is 0.496 e. The molecule has 3 aromatic rings. The summed E-state index contributed by atoms with van der Waals surface area (Å²) in [5, 5.41) is 2.96. The highest BCUT2D eigenvalue weighted by Gasteiger charge is 2.15. The van der Waals surface area contributed by atoms with Crippen LogP contribution in [-0.2, 0) is 30.5 Å².